The predicted molar refractivity (Wildman–Crippen MR) is 75.8 cm³/mol. The summed E-state index contributed by atoms with van der Waals surface area (Å²) in [6.45, 7) is 2.62. The van der Waals surface area contributed by atoms with Crippen LogP contribution in [0, 0.1) is 12.3 Å². The van der Waals surface area contributed by atoms with Gasteiger partial charge in [-0.3, -0.25) is 5.41 Å². The number of benzene rings is 2. The SMILES string of the molecule is COC(=N)c1ccc(OCc2ccccc2C)cc1. The Balaban J connectivity index is 2.01. The molecule has 0 aromatic heterocycles. The van der Waals surface area contributed by atoms with E-state index in [9.17, 15) is 0 Å². The van der Waals surface area contributed by atoms with Gasteiger partial charge in [-0.2, -0.15) is 0 Å². The number of aryl methyl sites for hydroxylation is 1. The molecule has 0 aliphatic carbocycles. The Morgan fingerprint density at radius 3 is 2.37 bits per heavy atom. The third kappa shape index (κ3) is 3.35. The molecule has 0 radical (unpaired) electrons. The highest BCUT2D eigenvalue weighted by molar-refractivity contribution is 5.91. The van der Waals surface area contributed by atoms with Crippen molar-refractivity contribution in [1.29, 1.82) is 5.41 Å². The number of nitrogens with one attached hydrogen (secondary N) is 1. The van der Waals surface area contributed by atoms with E-state index in [1.807, 2.05) is 36.4 Å². The van der Waals surface area contributed by atoms with E-state index in [2.05, 4.69) is 19.1 Å². The van der Waals surface area contributed by atoms with Gasteiger partial charge in [0.25, 0.3) is 0 Å². The first-order valence-electron chi connectivity index (χ1n) is 6.11. The fraction of sp³-hybridized carbons (Fsp3) is 0.188. The maximum Gasteiger partial charge on any atom is 0.212 e. The fourth-order valence-electron chi connectivity index (χ4n) is 1.75. The summed E-state index contributed by atoms with van der Waals surface area (Å²) in [5.74, 6) is 0.946. The van der Waals surface area contributed by atoms with Crippen molar-refractivity contribution in [2.75, 3.05) is 7.11 Å². The topological polar surface area (TPSA) is 42.3 Å². The van der Waals surface area contributed by atoms with Crippen LogP contribution in [0.3, 0.4) is 0 Å². The molecular weight excluding hydrogens is 238 g/mol. The predicted octanol–water partition coefficient (Wildman–Crippen LogP) is 3.55. The smallest absolute Gasteiger partial charge is 0.212 e. The van der Waals surface area contributed by atoms with Crippen molar-refractivity contribution in [3.63, 3.8) is 0 Å². The lowest BCUT2D eigenvalue weighted by Gasteiger charge is -2.09. The monoisotopic (exact) mass is 255 g/mol. The van der Waals surface area contributed by atoms with Gasteiger partial charge < -0.3 is 9.47 Å². The summed E-state index contributed by atoms with van der Waals surface area (Å²) in [5, 5.41) is 7.55. The first kappa shape index (κ1) is 13.1. The van der Waals surface area contributed by atoms with Crippen LogP contribution in [-0.4, -0.2) is 13.0 Å². The van der Waals surface area contributed by atoms with E-state index in [1.54, 1.807) is 0 Å². The fourth-order valence-corrected chi connectivity index (χ4v) is 1.75. The van der Waals surface area contributed by atoms with Crippen molar-refractivity contribution in [3.05, 3.63) is 65.2 Å². The Hall–Kier alpha value is -2.29. The zero-order valence-corrected chi connectivity index (χ0v) is 11.1. The highest BCUT2D eigenvalue weighted by Gasteiger charge is 2.02. The molecule has 1 N–H and O–H groups in total. The van der Waals surface area contributed by atoms with Gasteiger partial charge in [0, 0.05) is 5.56 Å². The molecule has 0 aliphatic rings. The molecule has 0 atom stereocenters. The molecule has 0 spiro atoms. The molecular formula is C16H17NO2. The second kappa shape index (κ2) is 6.05. The summed E-state index contributed by atoms with van der Waals surface area (Å²) in [7, 11) is 1.49. The summed E-state index contributed by atoms with van der Waals surface area (Å²) in [5.41, 5.74) is 3.14. The lowest BCUT2D eigenvalue weighted by Crippen LogP contribution is -2.01. The molecule has 0 saturated carbocycles. The van der Waals surface area contributed by atoms with Crippen LogP contribution in [0.15, 0.2) is 48.5 Å². The average molecular weight is 255 g/mol. The molecule has 0 unspecified atom stereocenters. The Morgan fingerprint density at radius 2 is 1.74 bits per heavy atom. The maximum absolute atomic E-state index is 7.55. The van der Waals surface area contributed by atoms with Crippen LogP contribution < -0.4 is 4.74 Å². The second-order valence-corrected chi connectivity index (χ2v) is 4.27. The van der Waals surface area contributed by atoms with Crippen LogP contribution in [-0.2, 0) is 11.3 Å². The van der Waals surface area contributed by atoms with Crippen molar-refractivity contribution in [2.24, 2.45) is 0 Å². The normalized spacial score (nSPS) is 10.0. The van der Waals surface area contributed by atoms with Crippen LogP contribution in [0.1, 0.15) is 16.7 Å². The Kier molecular flexibility index (Phi) is 4.18. The summed E-state index contributed by atoms with van der Waals surface area (Å²) < 4.78 is 10.6. The third-order valence-electron chi connectivity index (χ3n) is 2.98. The molecule has 2 aromatic carbocycles. The molecule has 0 amide bonds. The summed E-state index contributed by atoms with van der Waals surface area (Å²) in [4.78, 5) is 0. The average Bonchev–Trinajstić information content (AvgIpc) is 2.46. The van der Waals surface area contributed by atoms with E-state index >= 15 is 0 Å². The third-order valence-corrected chi connectivity index (χ3v) is 2.98. The Morgan fingerprint density at radius 1 is 1.05 bits per heavy atom. The number of hydrogen-bond donors (Lipinski definition) is 1. The van der Waals surface area contributed by atoms with Gasteiger partial charge in [-0.15, -0.1) is 0 Å². The molecule has 2 aromatic rings. The van der Waals surface area contributed by atoms with Gasteiger partial charge in [-0.05, 0) is 42.3 Å². The van der Waals surface area contributed by atoms with E-state index in [4.69, 9.17) is 14.9 Å². The lowest BCUT2D eigenvalue weighted by atomic mass is 10.1. The van der Waals surface area contributed by atoms with Gasteiger partial charge in [0.15, 0.2) is 0 Å². The minimum atomic E-state index is 0.158. The van der Waals surface area contributed by atoms with E-state index < -0.39 is 0 Å². The zero-order valence-electron chi connectivity index (χ0n) is 11.1. The van der Waals surface area contributed by atoms with E-state index in [-0.39, 0.29) is 5.90 Å². The van der Waals surface area contributed by atoms with Gasteiger partial charge in [-0.1, -0.05) is 24.3 Å². The molecule has 19 heavy (non-hydrogen) atoms. The van der Waals surface area contributed by atoms with Crippen molar-refractivity contribution >= 4 is 5.90 Å². The quantitative estimate of drug-likeness (QED) is 0.670. The molecule has 0 aliphatic heterocycles. The van der Waals surface area contributed by atoms with Crippen LogP contribution >= 0.6 is 0 Å². The van der Waals surface area contributed by atoms with Gasteiger partial charge in [0.1, 0.15) is 12.4 Å². The molecule has 0 saturated heterocycles. The summed E-state index contributed by atoms with van der Waals surface area (Å²) in [6.07, 6.45) is 0. The molecule has 0 bridgehead atoms. The zero-order chi connectivity index (χ0) is 13.7. The van der Waals surface area contributed by atoms with Crippen molar-refractivity contribution in [1.82, 2.24) is 0 Å². The number of rotatable bonds is 4. The van der Waals surface area contributed by atoms with Crippen molar-refractivity contribution in [3.8, 4) is 5.75 Å². The minimum Gasteiger partial charge on any atom is -0.489 e. The van der Waals surface area contributed by atoms with Gasteiger partial charge in [0.05, 0.1) is 7.11 Å². The van der Waals surface area contributed by atoms with E-state index in [0.29, 0.717) is 6.61 Å². The first-order chi connectivity index (χ1) is 9.20. The molecule has 3 nitrogen and oxygen atoms in total. The van der Waals surface area contributed by atoms with Crippen LogP contribution in [0.4, 0.5) is 0 Å². The molecule has 98 valence electrons. The maximum atomic E-state index is 7.55. The number of hydrogen-bond acceptors (Lipinski definition) is 3. The highest BCUT2D eigenvalue weighted by atomic mass is 16.5. The van der Waals surface area contributed by atoms with E-state index in [0.717, 1.165) is 11.3 Å². The lowest BCUT2D eigenvalue weighted by molar-refractivity contribution is 0.305. The largest absolute Gasteiger partial charge is 0.489 e. The van der Waals surface area contributed by atoms with Crippen molar-refractivity contribution in [2.45, 2.75) is 13.5 Å². The molecule has 2 rings (SSSR count). The minimum absolute atomic E-state index is 0.158. The first-order valence-corrected chi connectivity index (χ1v) is 6.11. The van der Waals surface area contributed by atoms with E-state index in [1.165, 1.54) is 18.2 Å². The molecule has 0 fully saturated rings. The Labute approximate surface area is 113 Å². The standard InChI is InChI=1S/C16H17NO2/c1-12-5-3-4-6-14(12)11-19-15-9-7-13(8-10-15)16(17)18-2/h3-10,17H,11H2,1-2H3. The highest BCUT2D eigenvalue weighted by Crippen LogP contribution is 2.16. The summed E-state index contributed by atoms with van der Waals surface area (Å²) in [6, 6.07) is 15.5. The van der Waals surface area contributed by atoms with Crippen molar-refractivity contribution < 1.29 is 9.47 Å². The van der Waals surface area contributed by atoms with Gasteiger partial charge in [-0.25, -0.2) is 0 Å². The molecule has 0 heterocycles. The Bertz CT molecular complexity index is 561. The van der Waals surface area contributed by atoms with Gasteiger partial charge >= 0.3 is 0 Å². The van der Waals surface area contributed by atoms with Gasteiger partial charge in [0.2, 0.25) is 5.90 Å². The second-order valence-electron chi connectivity index (χ2n) is 4.27. The molecule has 3 heteroatoms. The van der Waals surface area contributed by atoms with Crippen LogP contribution in [0.5, 0.6) is 5.75 Å². The van der Waals surface area contributed by atoms with Crippen LogP contribution in [0.2, 0.25) is 0 Å². The summed E-state index contributed by atoms with van der Waals surface area (Å²) >= 11 is 0. The number of methoxy groups -OCH3 is 1. The van der Waals surface area contributed by atoms with Crippen LogP contribution in [0.25, 0.3) is 0 Å². The number of ether oxygens (including phenoxy) is 2.